The minimum absolute atomic E-state index is 0.0560. The van der Waals surface area contributed by atoms with Crippen molar-refractivity contribution in [2.75, 3.05) is 5.32 Å². The van der Waals surface area contributed by atoms with Crippen LogP contribution in [-0.2, 0) is 27.5 Å². The van der Waals surface area contributed by atoms with E-state index >= 15 is 0 Å². The maximum Gasteiger partial charge on any atom is 0.255 e. The molecule has 2 N–H and O–H groups in total. The van der Waals surface area contributed by atoms with Gasteiger partial charge in [-0.3, -0.25) is 24.5 Å². The van der Waals surface area contributed by atoms with Gasteiger partial charge in [0.05, 0.1) is 11.8 Å². The monoisotopic (exact) mass is 480 g/mol. The molecule has 0 spiro atoms. The van der Waals surface area contributed by atoms with E-state index in [0.717, 1.165) is 16.8 Å². The molecule has 12 heteroatoms. The highest BCUT2D eigenvalue weighted by atomic mass is 19.1. The number of anilines is 1. The van der Waals surface area contributed by atoms with E-state index in [2.05, 4.69) is 20.9 Å². The van der Waals surface area contributed by atoms with Crippen molar-refractivity contribution in [2.24, 2.45) is 0 Å². The van der Waals surface area contributed by atoms with E-state index in [-0.39, 0.29) is 49.0 Å². The predicted molar refractivity (Wildman–Crippen MR) is 116 cm³/mol. The van der Waals surface area contributed by atoms with Crippen LogP contribution in [0.1, 0.15) is 28.8 Å². The fourth-order valence-corrected chi connectivity index (χ4v) is 4.27. The Morgan fingerprint density at radius 1 is 1.11 bits per heavy atom. The molecule has 1 aromatic heterocycles. The molecule has 0 aliphatic carbocycles. The van der Waals surface area contributed by atoms with E-state index in [4.69, 9.17) is 0 Å². The van der Waals surface area contributed by atoms with Crippen LogP contribution >= 0.6 is 0 Å². The minimum Gasteiger partial charge on any atom is -0.324 e. The number of rotatable bonds is 5. The number of hydrogen-bond donors (Lipinski definition) is 2. The Morgan fingerprint density at radius 2 is 1.86 bits per heavy atom. The first-order chi connectivity index (χ1) is 16.8. The molecule has 1 atom stereocenters. The number of aromatic nitrogens is 3. The number of nitrogens with one attached hydrogen (secondary N) is 2. The van der Waals surface area contributed by atoms with E-state index in [0.29, 0.717) is 16.8 Å². The predicted octanol–water partition coefficient (Wildman–Crippen LogP) is 1.62. The molecule has 2 aliphatic rings. The Kier molecular flexibility index (Phi) is 5.55. The standard InChI is InChI=1S/C23H18F2N6O4/c24-14-4-2-5-15(25)21(14)17-10-30(29-28-17)11-20(33)26-16-6-1-3-12-13(16)9-31(23(12)35)18-7-8-19(32)27-22(18)34/h1-6,10,18H,7-9,11H2,(H,26,33)(H,27,32,34). The van der Waals surface area contributed by atoms with Crippen LogP contribution in [0.2, 0.25) is 0 Å². The molecular weight excluding hydrogens is 462 g/mol. The number of nitrogens with zero attached hydrogens (tertiary/aromatic N) is 4. The number of carbonyl (C=O) groups is 4. The fraction of sp³-hybridized carbons (Fsp3) is 0.217. The van der Waals surface area contributed by atoms with Crippen molar-refractivity contribution in [2.45, 2.75) is 32.0 Å². The number of piperidine rings is 1. The Bertz CT molecular complexity index is 1370. The quantitative estimate of drug-likeness (QED) is 0.535. The number of fused-ring (bicyclic) bond motifs is 1. The van der Waals surface area contributed by atoms with Gasteiger partial charge in [0, 0.05) is 29.8 Å². The second kappa shape index (κ2) is 8.70. The largest absolute Gasteiger partial charge is 0.324 e. The molecule has 1 unspecified atom stereocenters. The Labute approximate surface area is 196 Å². The van der Waals surface area contributed by atoms with Crippen LogP contribution in [0.3, 0.4) is 0 Å². The van der Waals surface area contributed by atoms with Gasteiger partial charge in [-0.25, -0.2) is 13.5 Å². The number of imide groups is 1. The summed E-state index contributed by atoms with van der Waals surface area (Å²) in [7, 11) is 0. The summed E-state index contributed by atoms with van der Waals surface area (Å²) in [4.78, 5) is 50.6. The highest BCUT2D eigenvalue weighted by Crippen LogP contribution is 2.32. The van der Waals surface area contributed by atoms with Gasteiger partial charge in [-0.15, -0.1) is 5.10 Å². The summed E-state index contributed by atoms with van der Waals surface area (Å²) >= 11 is 0. The van der Waals surface area contributed by atoms with Gasteiger partial charge in [-0.1, -0.05) is 17.3 Å². The lowest BCUT2D eigenvalue weighted by atomic mass is 10.0. The zero-order valence-electron chi connectivity index (χ0n) is 18.1. The molecule has 5 rings (SSSR count). The number of halogens is 2. The third kappa shape index (κ3) is 4.14. The van der Waals surface area contributed by atoms with Crippen molar-refractivity contribution in [1.82, 2.24) is 25.2 Å². The molecule has 2 aliphatic heterocycles. The average molecular weight is 480 g/mol. The molecule has 178 valence electrons. The van der Waals surface area contributed by atoms with E-state index < -0.39 is 29.5 Å². The van der Waals surface area contributed by atoms with E-state index in [1.165, 1.54) is 17.2 Å². The first-order valence-electron chi connectivity index (χ1n) is 10.7. The molecule has 1 saturated heterocycles. The van der Waals surface area contributed by atoms with Crippen LogP contribution in [0, 0.1) is 11.6 Å². The zero-order chi connectivity index (χ0) is 24.7. The molecule has 10 nitrogen and oxygen atoms in total. The van der Waals surface area contributed by atoms with E-state index in [1.807, 2.05) is 0 Å². The van der Waals surface area contributed by atoms with Crippen LogP contribution in [0.5, 0.6) is 0 Å². The summed E-state index contributed by atoms with van der Waals surface area (Å²) in [6, 6.07) is 7.48. The van der Waals surface area contributed by atoms with Gasteiger partial charge < -0.3 is 10.2 Å². The van der Waals surface area contributed by atoms with Gasteiger partial charge >= 0.3 is 0 Å². The zero-order valence-corrected chi connectivity index (χ0v) is 18.1. The van der Waals surface area contributed by atoms with Gasteiger partial charge in [-0.2, -0.15) is 0 Å². The average Bonchev–Trinajstić information content (AvgIpc) is 3.39. The number of carbonyl (C=O) groups excluding carboxylic acids is 4. The van der Waals surface area contributed by atoms with Gasteiger partial charge in [0.25, 0.3) is 5.91 Å². The third-order valence-electron chi connectivity index (χ3n) is 5.92. The van der Waals surface area contributed by atoms with Gasteiger partial charge in [0.1, 0.15) is 29.9 Å². The Hall–Kier alpha value is -4.48. The number of hydrogen-bond acceptors (Lipinski definition) is 6. The summed E-state index contributed by atoms with van der Waals surface area (Å²) in [5.74, 6) is -3.37. The Balaban J connectivity index is 1.30. The summed E-state index contributed by atoms with van der Waals surface area (Å²) in [5.41, 5.74) is 0.886. The summed E-state index contributed by atoms with van der Waals surface area (Å²) in [6.07, 6.45) is 1.62. The number of benzene rings is 2. The van der Waals surface area contributed by atoms with Crippen molar-refractivity contribution in [3.8, 4) is 11.3 Å². The SMILES string of the molecule is O=C1CCC(N2Cc3c(NC(=O)Cn4cc(-c5c(F)cccc5F)nn4)cccc3C2=O)C(=O)N1. The van der Waals surface area contributed by atoms with Gasteiger partial charge in [0.15, 0.2) is 0 Å². The van der Waals surface area contributed by atoms with Crippen LogP contribution < -0.4 is 10.6 Å². The summed E-state index contributed by atoms with van der Waals surface area (Å²) in [6.45, 7) is -0.200. The molecular formula is C23H18F2N6O4. The summed E-state index contributed by atoms with van der Waals surface area (Å²) < 4.78 is 29.1. The lowest BCUT2D eigenvalue weighted by molar-refractivity contribution is -0.137. The minimum atomic E-state index is -0.799. The van der Waals surface area contributed by atoms with Gasteiger partial charge in [-0.05, 0) is 30.7 Å². The van der Waals surface area contributed by atoms with Crippen molar-refractivity contribution < 1.29 is 28.0 Å². The lowest BCUT2D eigenvalue weighted by Gasteiger charge is -2.29. The van der Waals surface area contributed by atoms with Crippen LogP contribution in [0.15, 0.2) is 42.6 Å². The molecule has 3 heterocycles. The van der Waals surface area contributed by atoms with Crippen molar-refractivity contribution in [3.63, 3.8) is 0 Å². The van der Waals surface area contributed by atoms with Crippen molar-refractivity contribution in [3.05, 3.63) is 65.4 Å². The molecule has 0 bridgehead atoms. The topological polar surface area (TPSA) is 126 Å². The molecule has 3 aromatic rings. The van der Waals surface area contributed by atoms with E-state index in [1.54, 1.807) is 18.2 Å². The first kappa shape index (κ1) is 22.3. The smallest absolute Gasteiger partial charge is 0.255 e. The maximum atomic E-state index is 14.0. The second-order valence-electron chi connectivity index (χ2n) is 8.18. The molecule has 35 heavy (non-hydrogen) atoms. The van der Waals surface area contributed by atoms with Crippen molar-refractivity contribution in [1.29, 1.82) is 0 Å². The van der Waals surface area contributed by atoms with Gasteiger partial charge in [0.2, 0.25) is 17.7 Å². The molecule has 0 radical (unpaired) electrons. The molecule has 4 amide bonds. The highest BCUT2D eigenvalue weighted by molar-refractivity contribution is 6.06. The van der Waals surface area contributed by atoms with Crippen molar-refractivity contribution >= 4 is 29.3 Å². The van der Waals surface area contributed by atoms with E-state index in [9.17, 15) is 28.0 Å². The number of amides is 4. The molecule has 1 fully saturated rings. The first-order valence-corrected chi connectivity index (χ1v) is 10.7. The van der Waals surface area contributed by atoms with Crippen LogP contribution in [-0.4, -0.2) is 49.6 Å². The summed E-state index contributed by atoms with van der Waals surface area (Å²) in [5, 5.41) is 12.5. The molecule has 2 aromatic carbocycles. The lowest BCUT2D eigenvalue weighted by Crippen LogP contribution is -2.52. The highest BCUT2D eigenvalue weighted by Gasteiger charge is 2.40. The van der Waals surface area contributed by atoms with Crippen LogP contribution in [0.4, 0.5) is 14.5 Å². The second-order valence-corrected chi connectivity index (χ2v) is 8.18. The normalized spacial score (nSPS) is 17.4. The maximum absolute atomic E-state index is 14.0. The Morgan fingerprint density at radius 3 is 2.60 bits per heavy atom. The van der Waals surface area contributed by atoms with Crippen LogP contribution in [0.25, 0.3) is 11.3 Å². The molecule has 0 saturated carbocycles. The third-order valence-corrected chi connectivity index (χ3v) is 5.92. The fourth-order valence-electron chi connectivity index (χ4n) is 4.27.